The van der Waals surface area contributed by atoms with E-state index in [0.29, 0.717) is 24.9 Å². The van der Waals surface area contributed by atoms with Crippen molar-refractivity contribution in [1.82, 2.24) is 20.0 Å². The number of nitrogens with one attached hydrogen (secondary N) is 1. The van der Waals surface area contributed by atoms with E-state index in [1.54, 1.807) is 11.0 Å². The normalized spacial score (nSPS) is 18.6. The molecular weight excluding hydrogens is 344 g/mol. The van der Waals surface area contributed by atoms with Gasteiger partial charge in [-0.1, -0.05) is 24.4 Å². The Morgan fingerprint density at radius 1 is 1.15 bits per heavy atom. The molecule has 0 atom stereocenters. The minimum Gasteiger partial charge on any atom is -0.353 e. The van der Waals surface area contributed by atoms with E-state index < -0.39 is 0 Å². The monoisotopic (exact) mass is 370 g/mol. The van der Waals surface area contributed by atoms with Gasteiger partial charge in [0.25, 0.3) is 5.91 Å². The summed E-state index contributed by atoms with van der Waals surface area (Å²) in [4.78, 5) is 25.7. The van der Waals surface area contributed by atoms with Crippen molar-refractivity contribution in [3.63, 3.8) is 0 Å². The van der Waals surface area contributed by atoms with Gasteiger partial charge in [0.1, 0.15) is 5.82 Å². The maximum Gasteiger partial charge on any atom is 0.292 e. The summed E-state index contributed by atoms with van der Waals surface area (Å²) in [6.07, 6.45) is 7.75. The quantitative estimate of drug-likeness (QED) is 0.884. The van der Waals surface area contributed by atoms with Crippen LogP contribution in [0.4, 0.5) is 11.8 Å². The highest BCUT2D eigenvalue weighted by Crippen LogP contribution is 2.22. The van der Waals surface area contributed by atoms with Gasteiger partial charge in [0.15, 0.2) is 0 Å². The standard InChI is InChI=1S/C19H26N6O2/c1-14-13-17(23-19(21-14)22-15-5-3-2-4-6-15)24-9-11-25(12-10-24)18(26)16-7-8-20-27-16/h7-8,13,15H,2-6,9-12H2,1H3,(H,21,22,23). The van der Waals surface area contributed by atoms with Gasteiger partial charge in [-0.15, -0.1) is 0 Å². The summed E-state index contributed by atoms with van der Waals surface area (Å²) in [7, 11) is 0. The molecule has 4 rings (SSSR count). The molecule has 2 aliphatic rings. The van der Waals surface area contributed by atoms with E-state index in [-0.39, 0.29) is 5.91 Å². The lowest BCUT2D eigenvalue weighted by Gasteiger charge is -2.35. The molecule has 3 heterocycles. The van der Waals surface area contributed by atoms with Gasteiger partial charge >= 0.3 is 0 Å². The highest BCUT2D eigenvalue weighted by molar-refractivity contribution is 5.91. The number of carbonyl (C=O) groups excluding carboxylic acids is 1. The predicted molar refractivity (Wildman–Crippen MR) is 102 cm³/mol. The van der Waals surface area contributed by atoms with Gasteiger partial charge in [-0.3, -0.25) is 4.79 Å². The Morgan fingerprint density at radius 2 is 1.93 bits per heavy atom. The summed E-state index contributed by atoms with van der Waals surface area (Å²) in [6, 6.07) is 4.09. The number of aromatic nitrogens is 3. The molecule has 0 aromatic carbocycles. The van der Waals surface area contributed by atoms with Gasteiger partial charge in [-0.25, -0.2) is 4.98 Å². The van der Waals surface area contributed by atoms with E-state index in [4.69, 9.17) is 9.51 Å². The van der Waals surface area contributed by atoms with E-state index in [1.807, 2.05) is 13.0 Å². The van der Waals surface area contributed by atoms with Crippen LogP contribution in [0.2, 0.25) is 0 Å². The van der Waals surface area contributed by atoms with Gasteiger partial charge in [0.2, 0.25) is 11.7 Å². The molecule has 0 radical (unpaired) electrons. The van der Waals surface area contributed by atoms with Crippen molar-refractivity contribution < 1.29 is 9.32 Å². The lowest BCUT2D eigenvalue weighted by atomic mass is 9.96. The summed E-state index contributed by atoms with van der Waals surface area (Å²) in [5.74, 6) is 1.83. The number of aryl methyl sites for hydroxylation is 1. The molecular formula is C19H26N6O2. The first kappa shape index (κ1) is 17.8. The molecule has 144 valence electrons. The summed E-state index contributed by atoms with van der Waals surface area (Å²) in [5, 5.41) is 7.13. The SMILES string of the molecule is Cc1cc(N2CCN(C(=O)c3ccno3)CC2)nc(NC2CCCCC2)n1. The van der Waals surface area contributed by atoms with Gasteiger partial charge in [0, 0.05) is 50.0 Å². The average molecular weight is 370 g/mol. The Bertz CT molecular complexity index is 765. The van der Waals surface area contributed by atoms with Crippen LogP contribution >= 0.6 is 0 Å². The van der Waals surface area contributed by atoms with Crippen LogP contribution in [0.15, 0.2) is 22.9 Å². The van der Waals surface area contributed by atoms with Gasteiger partial charge in [-0.05, 0) is 19.8 Å². The molecule has 8 heteroatoms. The number of piperazine rings is 1. The van der Waals surface area contributed by atoms with Crippen LogP contribution in [0.3, 0.4) is 0 Å². The topological polar surface area (TPSA) is 87.4 Å². The Balaban J connectivity index is 1.39. The largest absolute Gasteiger partial charge is 0.353 e. The molecule has 27 heavy (non-hydrogen) atoms. The summed E-state index contributed by atoms with van der Waals surface area (Å²) >= 11 is 0. The number of anilines is 2. The van der Waals surface area contributed by atoms with Crippen LogP contribution in [0.1, 0.15) is 48.4 Å². The number of hydrogen-bond acceptors (Lipinski definition) is 7. The molecule has 8 nitrogen and oxygen atoms in total. The van der Waals surface area contributed by atoms with Crippen molar-refractivity contribution in [2.45, 2.75) is 45.1 Å². The smallest absolute Gasteiger partial charge is 0.292 e. The highest BCUT2D eigenvalue weighted by Gasteiger charge is 2.25. The Hall–Kier alpha value is -2.64. The minimum atomic E-state index is -0.106. The zero-order chi connectivity index (χ0) is 18.6. The van der Waals surface area contributed by atoms with Gasteiger partial charge < -0.3 is 19.6 Å². The van der Waals surface area contributed by atoms with Crippen molar-refractivity contribution in [3.8, 4) is 0 Å². The predicted octanol–water partition coefficient (Wildman–Crippen LogP) is 2.48. The summed E-state index contributed by atoms with van der Waals surface area (Å²) in [6.45, 7) is 4.74. The third-order valence-electron chi connectivity index (χ3n) is 5.32. The fraction of sp³-hybridized carbons (Fsp3) is 0.579. The molecule has 1 aliphatic heterocycles. The second kappa shape index (κ2) is 7.94. The first-order valence-electron chi connectivity index (χ1n) is 9.76. The van der Waals surface area contributed by atoms with Gasteiger partial charge in [-0.2, -0.15) is 4.98 Å². The molecule has 1 amide bonds. The zero-order valence-corrected chi connectivity index (χ0v) is 15.7. The van der Waals surface area contributed by atoms with Crippen LogP contribution in [0.5, 0.6) is 0 Å². The highest BCUT2D eigenvalue weighted by atomic mass is 16.5. The van der Waals surface area contributed by atoms with Crippen LogP contribution in [0.25, 0.3) is 0 Å². The third-order valence-corrected chi connectivity index (χ3v) is 5.32. The molecule has 0 bridgehead atoms. The van der Waals surface area contributed by atoms with Crippen LogP contribution in [-0.2, 0) is 0 Å². The number of amides is 1. The lowest BCUT2D eigenvalue weighted by molar-refractivity contribution is 0.0704. The molecule has 1 saturated heterocycles. The van der Waals surface area contributed by atoms with E-state index in [9.17, 15) is 4.79 Å². The fourth-order valence-electron chi connectivity index (χ4n) is 3.83. The molecule has 2 aromatic rings. The Labute approximate surface area is 158 Å². The lowest BCUT2D eigenvalue weighted by Crippen LogP contribution is -2.49. The van der Waals surface area contributed by atoms with Crippen LogP contribution in [0, 0.1) is 6.92 Å². The van der Waals surface area contributed by atoms with Gasteiger partial charge in [0.05, 0.1) is 6.20 Å². The van der Waals surface area contributed by atoms with E-state index in [1.165, 1.54) is 38.3 Å². The summed E-state index contributed by atoms with van der Waals surface area (Å²) < 4.78 is 4.98. The number of carbonyl (C=O) groups is 1. The number of nitrogens with zero attached hydrogens (tertiary/aromatic N) is 5. The second-order valence-corrected chi connectivity index (χ2v) is 7.33. The van der Waals surface area contributed by atoms with Crippen molar-refractivity contribution >= 4 is 17.7 Å². The molecule has 2 aromatic heterocycles. The first-order chi connectivity index (χ1) is 13.2. The third kappa shape index (κ3) is 4.20. The summed E-state index contributed by atoms with van der Waals surface area (Å²) in [5.41, 5.74) is 0.957. The minimum absolute atomic E-state index is 0.106. The van der Waals surface area contributed by atoms with Crippen molar-refractivity contribution in [1.29, 1.82) is 0 Å². The van der Waals surface area contributed by atoms with Crippen LogP contribution in [-0.4, -0.2) is 58.2 Å². The average Bonchev–Trinajstić information content (AvgIpc) is 3.23. The molecule has 1 aliphatic carbocycles. The molecule has 0 spiro atoms. The van der Waals surface area contributed by atoms with Crippen molar-refractivity contribution in [2.24, 2.45) is 0 Å². The second-order valence-electron chi connectivity index (χ2n) is 7.33. The Morgan fingerprint density at radius 3 is 2.63 bits per heavy atom. The van der Waals surface area contributed by atoms with Crippen molar-refractivity contribution in [3.05, 3.63) is 29.8 Å². The maximum absolute atomic E-state index is 12.4. The maximum atomic E-state index is 12.4. The number of rotatable bonds is 4. The molecule has 2 fully saturated rings. The van der Waals surface area contributed by atoms with Crippen molar-refractivity contribution in [2.75, 3.05) is 36.4 Å². The van der Waals surface area contributed by atoms with Crippen LogP contribution < -0.4 is 10.2 Å². The molecule has 0 unspecified atom stereocenters. The molecule has 1 N–H and O–H groups in total. The van der Waals surface area contributed by atoms with E-state index in [0.717, 1.165) is 30.5 Å². The zero-order valence-electron chi connectivity index (χ0n) is 15.7. The van der Waals surface area contributed by atoms with E-state index >= 15 is 0 Å². The Kier molecular flexibility index (Phi) is 5.22. The number of hydrogen-bond donors (Lipinski definition) is 1. The van der Waals surface area contributed by atoms with E-state index in [2.05, 4.69) is 20.4 Å². The first-order valence-corrected chi connectivity index (χ1v) is 9.76. The molecule has 1 saturated carbocycles. The fourth-order valence-corrected chi connectivity index (χ4v) is 3.83.